The first kappa shape index (κ1) is 17.0. The minimum Gasteiger partial charge on any atom is -0.195 e. The maximum Gasteiger partial charge on any atom is 0.317 e. The van der Waals surface area contributed by atoms with E-state index in [-0.39, 0.29) is 0 Å². The summed E-state index contributed by atoms with van der Waals surface area (Å²) in [7, 11) is 4.81. The van der Waals surface area contributed by atoms with Crippen LogP contribution in [0.2, 0.25) is 0 Å². The summed E-state index contributed by atoms with van der Waals surface area (Å²) in [6.45, 7) is 0. The molecule has 1 aromatic heterocycles. The maximum absolute atomic E-state index is 9.16. The third kappa shape index (κ3) is 5.46. The number of hydrogen-bond donors (Lipinski definition) is 0. The van der Waals surface area contributed by atoms with Crippen LogP contribution in [-0.2, 0) is 8.26 Å². The van der Waals surface area contributed by atoms with E-state index in [4.69, 9.17) is 8.42 Å². The minimum absolute atomic E-state index is 1.28. The molecular weight excluding hydrogens is 359 g/mol. The van der Waals surface area contributed by atoms with Gasteiger partial charge in [0.25, 0.3) is 0 Å². The van der Waals surface area contributed by atoms with E-state index in [9.17, 15) is 0 Å². The van der Waals surface area contributed by atoms with Crippen molar-refractivity contribution in [3.05, 3.63) is 72.1 Å². The quantitative estimate of drug-likeness (QED) is 0.534. The van der Waals surface area contributed by atoms with Crippen LogP contribution in [0.25, 0.3) is 21.6 Å². The van der Waals surface area contributed by atoms with E-state index in [0.717, 1.165) is 0 Å². The first-order valence-corrected chi connectivity index (χ1v) is 10.3. The van der Waals surface area contributed by atoms with Gasteiger partial charge < -0.3 is 0 Å². The highest BCUT2D eigenvalue weighted by Gasteiger charge is 2.07. The molecule has 6 heteroatoms. The van der Waals surface area contributed by atoms with Gasteiger partial charge in [-0.05, 0) is 22.6 Å². The monoisotopic (exact) mass is 370 g/mol. The van der Waals surface area contributed by atoms with Crippen molar-refractivity contribution in [2.24, 2.45) is 0 Å². The Morgan fingerprint density at radius 3 is 1.68 bits per heavy atom. The van der Waals surface area contributed by atoms with Gasteiger partial charge in [-0.15, -0.1) is 11.3 Å². The molecule has 0 bridgehead atoms. The second kappa shape index (κ2) is 7.79. The van der Waals surface area contributed by atoms with Crippen LogP contribution in [-0.4, -0.2) is 8.42 Å². The second-order valence-electron chi connectivity index (χ2n) is 4.27. The van der Waals surface area contributed by atoms with Gasteiger partial charge in [-0.2, -0.15) is 8.42 Å². The molecule has 1 heterocycles. The number of hydrogen-bond acceptors (Lipinski definition) is 3. The van der Waals surface area contributed by atoms with E-state index >= 15 is 0 Å². The predicted molar refractivity (Wildman–Crippen MR) is 95.8 cm³/mol. The van der Waals surface area contributed by atoms with E-state index in [1.807, 2.05) is 0 Å². The van der Waals surface area contributed by atoms with Gasteiger partial charge >= 0.3 is 8.26 Å². The van der Waals surface area contributed by atoms with Crippen LogP contribution in [0.1, 0.15) is 0 Å². The largest absolute Gasteiger partial charge is 0.317 e. The van der Waals surface area contributed by atoms with Gasteiger partial charge in [0.15, 0.2) is 0 Å². The lowest BCUT2D eigenvalue weighted by atomic mass is 10.0. The van der Waals surface area contributed by atoms with Crippen molar-refractivity contribution in [1.82, 2.24) is 0 Å². The first-order chi connectivity index (χ1) is 10.4. The highest BCUT2D eigenvalue weighted by Crippen LogP contribution is 2.36. The Morgan fingerprint density at radius 1 is 0.727 bits per heavy atom. The Labute approximate surface area is 142 Å². The van der Waals surface area contributed by atoms with Crippen LogP contribution in [0.4, 0.5) is 0 Å². The molecule has 0 spiro atoms. The lowest BCUT2D eigenvalue weighted by Crippen LogP contribution is -1.77. The maximum atomic E-state index is 9.16. The molecule has 22 heavy (non-hydrogen) atoms. The average molecular weight is 371 g/mol. The van der Waals surface area contributed by atoms with Crippen molar-refractivity contribution in [2.45, 2.75) is 0 Å². The fourth-order valence-electron chi connectivity index (χ4n) is 1.97. The molecule has 0 radical (unpaired) electrons. The van der Waals surface area contributed by atoms with Gasteiger partial charge in [-0.25, -0.2) is 0 Å². The Kier molecular flexibility index (Phi) is 6.03. The zero-order chi connectivity index (χ0) is 16.0. The van der Waals surface area contributed by atoms with Gasteiger partial charge in [0.1, 0.15) is 0 Å². The third-order valence-corrected chi connectivity index (χ3v) is 3.75. The fourth-order valence-corrected chi connectivity index (χ4v) is 2.89. The molecule has 0 aliphatic carbocycles. The highest BCUT2D eigenvalue weighted by atomic mass is 36.0. The Hall–Kier alpha value is -1.33. The molecule has 2 nitrogen and oxygen atoms in total. The van der Waals surface area contributed by atoms with Crippen molar-refractivity contribution in [3.63, 3.8) is 0 Å². The summed E-state index contributed by atoms with van der Waals surface area (Å²) in [5.74, 6) is 0. The second-order valence-corrected chi connectivity index (χ2v) is 8.86. The summed E-state index contributed by atoms with van der Waals surface area (Å²) >= 11 is 1.80. The summed E-state index contributed by atoms with van der Waals surface area (Å²) in [5.41, 5.74) is 3.90. The predicted octanol–water partition coefficient (Wildman–Crippen LogP) is 5.79. The number of thiophene rings is 1. The van der Waals surface area contributed by atoms with Gasteiger partial charge in [0.2, 0.25) is 0 Å². The molecule has 0 aliphatic heterocycles. The summed E-state index contributed by atoms with van der Waals surface area (Å²) in [6.07, 6.45) is 0. The topological polar surface area (TPSA) is 34.1 Å². The summed E-state index contributed by atoms with van der Waals surface area (Å²) in [4.78, 5) is 1.34. The molecule has 0 amide bonds. The number of benzene rings is 2. The van der Waals surface area contributed by atoms with E-state index in [1.54, 1.807) is 11.3 Å². The fraction of sp³-hybridized carbons (Fsp3) is 0. The molecule has 3 aromatic rings. The summed E-state index contributed by atoms with van der Waals surface area (Å²) < 4.78 is 18.3. The molecular formula is C16H12Cl2O2S2. The van der Waals surface area contributed by atoms with Crippen molar-refractivity contribution in [3.8, 4) is 21.6 Å². The Morgan fingerprint density at radius 2 is 1.18 bits per heavy atom. The molecule has 0 saturated heterocycles. The zero-order valence-corrected chi connectivity index (χ0v) is 14.5. The SMILES string of the molecule is O=S(=O)(Cl)Cl.c1ccc(-c2ccsc2-c2ccccc2)cc1. The molecule has 2 aromatic carbocycles. The van der Waals surface area contributed by atoms with Crippen LogP contribution in [0, 0.1) is 0 Å². The van der Waals surface area contributed by atoms with E-state index < -0.39 is 8.26 Å². The molecule has 0 atom stereocenters. The molecule has 114 valence electrons. The number of halogens is 2. The highest BCUT2D eigenvalue weighted by molar-refractivity contribution is 8.31. The zero-order valence-electron chi connectivity index (χ0n) is 11.3. The van der Waals surface area contributed by atoms with Crippen LogP contribution in [0.15, 0.2) is 72.1 Å². The van der Waals surface area contributed by atoms with Crippen molar-refractivity contribution >= 4 is 41.0 Å². The molecule has 0 aliphatic rings. The average Bonchev–Trinajstić information content (AvgIpc) is 2.97. The van der Waals surface area contributed by atoms with E-state index in [2.05, 4.69) is 93.5 Å². The van der Waals surface area contributed by atoms with E-state index in [0.29, 0.717) is 0 Å². The van der Waals surface area contributed by atoms with Crippen LogP contribution < -0.4 is 0 Å². The Bertz CT molecular complexity index is 752. The van der Waals surface area contributed by atoms with Crippen LogP contribution in [0.5, 0.6) is 0 Å². The first-order valence-electron chi connectivity index (χ1n) is 6.28. The van der Waals surface area contributed by atoms with Gasteiger partial charge in [0.05, 0.1) is 0 Å². The molecule has 0 fully saturated rings. The van der Waals surface area contributed by atoms with Crippen molar-refractivity contribution in [1.29, 1.82) is 0 Å². The molecule has 0 unspecified atom stereocenters. The van der Waals surface area contributed by atoms with Gasteiger partial charge in [-0.3, -0.25) is 0 Å². The normalized spacial score (nSPS) is 10.6. The van der Waals surface area contributed by atoms with E-state index in [1.165, 1.54) is 21.6 Å². The smallest absolute Gasteiger partial charge is 0.195 e. The van der Waals surface area contributed by atoms with Crippen molar-refractivity contribution < 1.29 is 8.42 Å². The lowest BCUT2D eigenvalue weighted by Gasteiger charge is -2.03. The van der Waals surface area contributed by atoms with Crippen LogP contribution in [0.3, 0.4) is 0 Å². The Balaban J connectivity index is 0.000000309. The van der Waals surface area contributed by atoms with Crippen LogP contribution >= 0.6 is 32.7 Å². The third-order valence-electron chi connectivity index (χ3n) is 2.79. The van der Waals surface area contributed by atoms with Gasteiger partial charge in [0, 0.05) is 31.8 Å². The number of rotatable bonds is 2. The van der Waals surface area contributed by atoms with Crippen molar-refractivity contribution in [2.75, 3.05) is 0 Å². The molecule has 0 saturated carbocycles. The molecule has 0 N–H and O–H groups in total. The standard InChI is InChI=1S/C16H12S.Cl2O2S/c1-3-7-13(8-4-1)15-11-12-17-16(15)14-9-5-2-6-10-14;1-5(2,3)4/h1-12H;. The summed E-state index contributed by atoms with van der Waals surface area (Å²) in [5, 5.41) is 2.16. The van der Waals surface area contributed by atoms with Gasteiger partial charge in [-0.1, -0.05) is 60.7 Å². The lowest BCUT2D eigenvalue weighted by molar-refractivity contribution is 0.621. The molecule has 3 rings (SSSR count). The minimum atomic E-state index is -3.72. The summed E-state index contributed by atoms with van der Waals surface area (Å²) in [6, 6.07) is 23.3.